The molecular formula is C23H24N2O6S. The Labute approximate surface area is 186 Å². The standard InChI is InChI=1S/C23H24N2O6S/c26-23(24(17-20-3-1-13-30-20)18-21-4-2-14-31-21)10-7-19-5-8-22(9-6-19)32(27,28)25-11-15-29-16-12-25/h1-10,13-14H,11-12,15-18H2/b10-7+. The van der Waals surface area contributed by atoms with E-state index in [0.29, 0.717) is 50.9 Å². The van der Waals surface area contributed by atoms with Crippen molar-refractivity contribution in [2.75, 3.05) is 26.3 Å². The molecule has 8 nitrogen and oxygen atoms in total. The van der Waals surface area contributed by atoms with E-state index in [9.17, 15) is 13.2 Å². The average Bonchev–Trinajstić information content (AvgIpc) is 3.52. The molecule has 0 atom stereocenters. The van der Waals surface area contributed by atoms with Gasteiger partial charge in [0, 0.05) is 19.2 Å². The molecule has 1 aromatic carbocycles. The van der Waals surface area contributed by atoms with E-state index >= 15 is 0 Å². The fourth-order valence-electron chi connectivity index (χ4n) is 3.35. The van der Waals surface area contributed by atoms with Crippen LogP contribution < -0.4 is 0 Å². The van der Waals surface area contributed by atoms with Crippen molar-refractivity contribution in [2.24, 2.45) is 0 Å². The molecule has 1 aliphatic rings. The predicted octanol–water partition coefficient (Wildman–Crippen LogP) is 3.14. The van der Waals surface area contributed by atoms with Crippen molar-refractivity contribution in [3.05, 3.63) is 84.2 Å². The smallest absolute Gasteiger partial charge is 0.247 e. The zero-order valence-electron chi connectivity index (χ0n) is 17.4. The van der Waals surface area contributed by atoms with Gasteiger partial charge in [-0.2, -0.15) is 4.31 Å². The highest BCUT2D eigenvalue weighted by Gasteiger charge is 2.26. The van der Waals surface area contributed by atoms with Crippen molar-refractivity contribution in [3.8, 4) is 0 Å². The molecule has 0 unspecified atom stereocenters. The van der Waals surface area contributed by atoms with Gasteiger partial charge in [0.25, 0.3) is 0 Å². The third-order valence-electron chi connectivity index (χ3n) is 5.07. The number of hydrogen-bond acceptors (Lipinski definition) is 6. The molecule has 4 rings (SSSR count). The summed E-state index contributed by atoms with van der Waals surface area (Å²) in [5.41, 5.74) is 0.718. The van der Waals surface area contributed by atoms with Gasteiger partial charge in [-0.3, -0.25) is 4.79 Å². The molecule has 1 fully saturated rings. The predicted molar refractivity (Wildman–Crippen MR) is 117 cm³/mol. The summed E-state index contributed by atoms with van der Waals surface area (Å²) >= 11 is 0. The number of nitrogens with zero attached hydrogens (tertiary/aromatic N) is 2. The first-order valence-electron chi connectivity index (χ1n) is 10.2. The van der Waals surface area contributed by atoms with Gasteiger partial charge in [-0.05, 0) is 48.0 Å². The summed E-state index contributed by atoms with van der Waals surface area (Å²) in [5, 5.41) is 0. The normalized spacial score (nSPS) is 15.2. The topological polar surface area (TPSA) is 93.2 Å². The monoisotopic (exact) mass is 456 g/mol. The van der Waals surface area contributed by atoms with Crippen molar-refractivity contribution >= 4 is 22.0 Å². The highest BCUT2D eigenvalue weighted by molar-refractivity contribution is 7.89. The van der Waals surface area contributed by atoms with Crippen LogP contribution in [0.3, 0.4) is 0 Å². The molecule has 3 aromatic rings. The van der Waals surface area contributed by atoms with Crippen LogP contribution in [-0.4, -0.2) is 49.8 Å². The Morgan fingerprint density at radius 3 is 2.06 bits per heavy atom. The first-order valence-corrected chi connectivity index (χ1v) is 11.7. The number of rotatable bonds is 8. The first-order chi connectivity index (χ1) is 15.5. The average molecular weight is 457 g/mol. The van der Waals surface area contributed by atoms with E-state index in [2.05, 4.69) is 0 Å². The molecule has 1 aliphatic heterocycles. The van der Waals surface area contributed by atoms with Crippen LogP contribution in [0, 0.1) is 0 Å². The molecule has 0 spiro atoms. The maximum Gasteiger partial charge on any atom is 0.247 e. The van der Waals surface area contributed by atoms with Crippen LogP contribution >= 0.6 is 0 Å². The van der Waals surface area contributed by atoms with E-state index in [0.717, 1.165) is 5.56 Å². The summed E-state index contributed by atoms with van der Waals surface area (Å²) in [6.45, 7) is 2.09. The first kappa shape index (κ1) is 22.1. The van der Waals surface area contributed by atoms with Gasteiger partial charge in [0.05, 0.1) is 43.7 Å². The number of carbonyl (C=O) groups excluding carboxylic acids is 1. The second-order valence-electron chi connectivity index (χ2n) is 7.27. The van der Waals surface area contributed by atoms with Gasteiger partial charge in [-0.25, -0.2) is 8.42 Å². The molecule has 0 N–H and O–H groups in total. The van der Waals surface area contributed by atoms with Crippen molar-refractivity contribution in [1.82, 2.24) is 9.21 Å². The molecule has 0 bridgehead atoms. The number of sulfonamides is 1. The van der Waals surface area contributed by atoms with Crippen LogP contribution in [0.15, 0.2) is 80.9 Å². The summed E-state index contributed by atoms with van der Waals surface area (Å²) in [4.78, 5) is 14.7. The highest BCUT2D eigenvalue weighted by atomic mass is 32.2. The number of hydrogen-bond donors (Lipinski definition) is 0. The van der Waals surface area contributed by atoms with Gasteiger partial charge >= 0.3 is 0 Å². The zero-order valence-corrected chi connectivity index (χ0v) is 18.2. The van der Waals surface area contributed by atoms with Crippen LogP contribution in [0.2, 0.25) is 0 Å². The lowest BCUT2D eigenvalue weighted by molar-refractivity contribution is -0.127. The third kappa shape index (κ3) is 5.37. The van der Waals surface area contributed by atoms with Crippen LogP contribution in [0.4, 0.5) is 0 Å². The van der Waals surface area contributed by atoms with Crippen LogP contribution in [0.5, 0.6) is 0 Å². The molecule has 32 heavy (non-hydrogen) atoms. The van der Waals surface area contributed by atoms with Gasteiger partial charge in [-0.1, -0.05) is 12.1 Å². The maximum absolute atomic E-state index is 12.8. The lowest BCUT2D eigenvalue weighted by Crippen LogP contribution is -2.40. The lowest BCUT2D eigenvalue weighted by atomic mass is 10.2. The minimum absolute atomic E-state index is 0.220. The van der Waals surface area contributed by atoms with Crippen LogP contribution in [0.1, 0.15) is 17.1 Å². The summed E-state index contributed by atoms with van der Waals surface area (Å²) in [6.07, 6.45) is 6.24. The Morgan fingerprint density at radius 2 is 1.53 bits per heavy atom. The summed E-state index contributed by atoms with van der Waals surface area (Å²) < 4.78 is 42.9. The quantitative estimate of drug-likeness (QED) is 0.484. The number of morpholine rings is 1. The van der Waals surface area contributed by atoms with E-state index in [1.807, 2.05) is 0 Å². The van der Waals surface area contributed by atoms with E-state index in [1.165, 1.54) is 10.4 Å². The van der Waals surface area contributed by atoms with Crippen molar-refractivity contribution in [1.29, 1.82) is 0 Å². The van der Waals surface area contributed by atoms with E-state index in [1.54, 1.807) is 72.0 Å². The van der Waals surface area contributed by atoms with Crippen molar-refractivity contribution < 1.29 is 26.8 Å². The fraction of sp³-hybridized carbons (Fsp3) is 0.261. The Kier molecular flexibility index (Phi) is 6.89. The molecule has 168 valence electrons. The summed E-state index contributed by atoms with van der Waals surface area (Å²) in [6, 6.07) is 13.6. The molecule has 0 radical (unpaired) electrons. The minimum atomic E-state index is -3.55. The van der Waals surface area contributed by atoms with Gasteiger partial charge in [0.1, 0.15) is 11.5 Å². The second-order valence-corrected chi connectivity index (χ2v) is 9.21. The van der Waals surface area contributed by atoms with E-state index in [-0.39, 0.29) is 10.8 Å². The van der Waals surface area contributed by atoms with Crippen LogP contribution in [-0.2, 0) is 32.6 Å². The highest BCUT2D eigenvalue weighted by Crippen LogP contribution is 2.18. The SMILES string of the molecule is O=C(/C=C/c1ccc(S(=O)(=O)N2CCOCC2)cc1)N(Cc1ccco1)Cc1ccco1. The molecule has 9 heteroatoms. The van der Waals surface area contributed by atoms with E-state index in [4.69, 9.17) is 13.6 Å². The Bertz CT molecular complexity index is 1090. The third-order valence-corrected chi connectivity index (χ3v) is 6.98. The summed E-state index contributed by atoms with van der Waals surface area (Å²) in [7, 11) is -3.55. The van der Waals surface area contributed by atoms with Crippen molar-refractivity contribution in [2.45, 2.75) is 18.0 Å². The molecular weight excluding hydrogens is 432 g/mol. The minimum Gasteiger partial charge on any atom is -0.467 e. The largest absolute Gasteiger partial charge is 0.467 e. The van der Waals surface area contributed by atoms with Gasteiger partial charge in [0.2, 0.25) is 15.9 Å². The number of furan rings is 2. The Balaban J connectivity index is 1.45. The number of benzene rings is 1. The summed E-state index contributed by atoms with van der Waals surface area (Å²) in [5.74, 6) is 1.11. The molecule has 2 aromatic heterocycles. The van der Waals surface area contributed by atoms with Crippen molar-refractivity contribution in [3.63, 3.8) is 0 Å². The molecule has 3 heterocycles. The van der Waals surface area contributed by atoms with Crippen LogP contribution in [0.25, 0.3) is 6.08 Å². The maximum atomic E-state index is 12.8. The van der Waals surface area contributed by atoms with Gasteiger partial charge in [-0.15, -0.1) is 0 Å². The van der Waals surface area contributed by atoms with Gasteiger partial charge in [0.15, 0.2) is 0 Å². The Hall–Kier alpha value is -3.14. The molecule has 0 aliphatic carbocycles. The fourth-order valence-corrected chi connectivity index (χ4v) is 4.76. The zero-order chi connectivity index (χ0) is 22.4. The Morgan fingerprint density at radius 1 is 0.938 bits per heavy atom. The number of amides is 1. The lowest BCUT2D eigenvalue weighted by Gasteiger charge is -2.26. The molecule has 1 amide bonds. The molecule has 0 saturated carbocycles. The number of carbonyl (C=O) groups is 1. The molecule has 1 saturated heterocycles. The van der Waals surface area contributed by atoms with Gasteiger partial charge < -0.3 is 18.5 Å². The number of ether oxygens (including phenoxy) is 1. The van der Waals surface area contributed by atoms with E-state index < -0.39 is 10.0 Å². The second kappa shape index (κ2) is 9.99.